The van der Waals surface area contributed by atoms with Crippen LogP contribution in [0.5, 0.6) is 17.2 Å². The Balaban J connectivity index is 1.70. The molecule has 7 heteroatoms. The Morgan fingerprint density at radius 1 is 1.08 bits per heavy atom. The number of amides is 1. The van der Waals surface area contributed by atoms with Crippen LogP contribution in [0.1, 0.15) is 11.8 Å². The number of carbonyl (C=O) groups is 1. The third kappa shape index (κ3) is 3.74. The minimum Gasteiger partial charge on any atom is -0.493 e. The SMILES string of the molecule is COc1cc(NC(=O)C2COC(c3ccccc3)N2)cc(OC)c1OC. The van der Waals surface area contributed by atoms with E-state index in [4.69, 9.17) is 18.9 Å². The maximum absolute atomic E-state index is 12.6. The fourth-order valence-electron chi connectivity index (χ4n) is 2.83. The smallest absolute Gasteiger partial charge is 0.243 e. The summed E-state index contributed by atoms with van der Waals surface area (Å²) in [5.74, 6) is 1.22. The van der Waals surface area contributed by atoms with Gasteiger partial charge in [0.1, 0.15) is 12.3 Å². The van der Waals surface area contributed by atoms with Crippen molar-refractivity contribution < 1.29 is 23.7 Å². The van der Waals surface area contributed by atoms with Crippen molar-refractivity contribution in [3.8, 4) is 17.2 Å². The molecule has 138 valence electrons. The van der Waals surface area contributed by atoms with E-state index in [0.717, 1.165) is 5.56 Å². The zero-order valence-corrected chi connectivity index (χ0v) is 14.9. The highest BCUT2D eigenvalue weighted by Gasteiger charge is 2.31. The van der Waals surface area contributed by atoms with Crippen LogP contribution >= 0.6 is 0 Å². The van der Waals surface area contributed by atoms with Crippen LogP contribution in [0.4, 0.5) is 5.69 Å². The number of ether oxygens (including phenoxy) is 4. The van der Waals surface area contributed by atoms with Crippen molar-refractivity contribution in [1.29, 1.82) is 0 Å². The Morgan fingerprint density at radius 3 is 2.31 bits per heavy atom. The van der Waals surface area contributed by atoms with Crippen LogP contribution in [0.3, 0.4) is 0 Å². The summed E-state index contributed by atoms with van der Waals surface area (Å²) in [6, 6.07) is 12.6. The molecule has 3 rings (SSSR count). The summed E-state index contributed by atoms with van der Waals surface area (Å²) in [7, 11) is 4.58. The molecule has 1 aliphatic rings. The van der Waals surface area contributed by atoms with Gasteiger partial charge in [-0.05, 0) is 5.56 Å². The summed E-state index contributed by atoms with van der Waals surface area (Å²) in [5.41, 5.74) is 1.53. The Labute approximate surface area is 152 Å². The molecule has 2 N–H and O–H groups in total. The van der Waals surface area contributed by atoms with Gasteiger partial charge in [0.2, 0.25) is 11.7 Å². The fraction of sp³-hybridized carbons (Fsp3) is 0.316. The highest BCUT2D eigenvalue weighted by molar-refractivity contribution is 5.95. The van der Waals surface area contributed by atoms with Gasteiger partial charge >= 0.3 is 0 Å². The normalized spacial score (nSPS) is 19.0. The maximum atomic E-state index is 12.6. The molecule has 0 aliphatic carbocycles. The van der Waals surface area contributed by atoms with E-state index in [1.807, 2.05) is 30.3 Å². The van der Waals surface area contributed by atoms with Crippen molar-refractivity contribution in [1.82, 2.24) is 5.32 Å². The second-order valence-corrected chi connectivity index (χ2v) is 5.75. The molecule has 0 aromatic heterocycles. The molecule has 2 atom stereocenters. The molecule has 1 saturated heterocycles. The van der Waals surface area contributed by atoms with Crippen molar-refractivity contribution in [2.45, 2.75) is 12.3 Å². The third-order valence-electron chi connectivity index (χ3n) is 4.13. The highest BCUT2D eigenvalue weighted by atomic mass is 16.5. The first-order valence-electron chi connectivity index (χ1n) is 8.19. The quantitative estimate of drug-likeness (QED) is 0.825. The first kappa shape index (κ1) is 18.0. The van der Waals surface area contributed by atoms with E-state index in [1.54, 1.807) is 12.1 Å². The van der Waals surface area contributed by atoms with Crippen molar-refractivity contribution in [3.63, 3.8) is 0 Å². The molecule has 0 radical (unpaired) electrons. The van der Waals surface area contributed by atoms with Crippen molar-refractivity contribution in [2.24, 2.45) is 0 Å². The van der Waals surface area contributed by atoms with Gasteiger partial charge in [0.05, 0.1) is 27.9 Å². The van der Waals surface area contributed by atoms with Crippen molar-refractivity contribution in [3.05, 3.63) is 48.0 Å². The molecule has 7 nitrogen and oxygen atoms in total. The van der Waals surface area contributed by atoms with Crippen LogP contribution in [0.25, 0.3) is 0 Å². The summed E-state index contributed by atoms with van der Waals surface area (Å²) < 4.78 is 21.6. The lowest BCUT2D eigenvalue weighted by Crippen LogP contribution is -2.38. The highest BCUT2D eigenvalue weighted by Crippen LogP contribution is 2.40. The van der Waals surface area contributed by atoms with E-state index < -0.39 is 6.04 Å². The van der Waals surface area contributed by atoms with Crippen LogP contribution < -0.4 is 24.8 Å². The van der Waals surface area contributed by atoms with Crippen LogP contribution in [-0.4, -0.2) is 39.9 Å². The van der Waals surface area contributed by atoms with Crippen LogP contribution in [0.2, 0.25) is 0 Å². The van der Waals surface area contributed by atoms with E-state index in [2.05, 4.69) is 10.6 Å². The van der Waals surface area contributed by atoms with Gasteiger partial charge in [0.25, 0.3) is 0 Å². The molecule has 1 aliphatic heterocycles. The van der Waals surface area contributed by atoms with Gasteiger partial charge in [-0.25, -0.2) is 0 Å². The average molecular weight is 358 g/mol. The number of nitrogens with one attached hydrogen (secondary N) is 2. The summed E-state index contributed by atoms with van der Waals surface area (Å²) in [6.07, 6.45) is -0.299. The lowest BCUT2D eigenvalue weighted by Gasteiger charge is -2.16. The van der Waals surface area contributed by atoms with Crippen molar-refractivity contribution in [2.75, 3.05) is 33.3 Å². The van der Waals surface area contributed by atoms with Crippen LogP contribution in [0.15, 0.2) is 42.5 Å². The number of carbonyl (C=O) groups excluding carboxylic acids is 1. The lowest BCUT2D eigenvalue weighted by atomic mass is 10.2. The summed E-state index contributed by atoms with van der Waals surface area (Å²) in [5, 5.41) is 6.05. The van der Waals surface area contributed by atoms with E-state index in [-0.39, 0.29) is 18.7 Å². The molecule has 1 heterocycles. The van der Waals surface area contributed by atoms with Gasteiger partial charge in [0, 0.05) is 17.8 Å². The molecule has 1 amide bonds. The standard InChI is InChI=1S/C19H22N2O5/c1-23-15-9-13(10-16(24-2)17(15)25-3)20-18(22)14-11-26-19(21-14)12-7-5-4-6-8-12/h4-10,14,19,21H,11H2,1-3H3,(H,20,22). The second kappa shape index (κ2) is 8.07. The predicted molar refractivity (Wildman–Crippen MR) is 96.8 cm³/mol. The lowest BCUT2D eigenvalue weighted by molar-refractivity contribution is -0.117. The Morgan fingerprint density at radius 2 is 1.73 bits per heavy atom. The molecule has 2 aromatic rings. The van der Waals surface area contributed by atoms with Gasteiger partial charge < -0.3 is 24.3 Å². The zero-order valence-electron chi connectivity index (χ0n) is 14.9. The van der Waals surface area contributed by atoms with Gasteiger partial charge in [-0.2, -0.15) is 0 Å². The van der Waals surface area contributed by atoms with Gasteiger partial charge in [-0.3, -0.25) is 10.1 Å². The molecular formula is C19H22N2O5. The Bertz CT molecular complexity index is 741. The average Bonchev–Trinajstić information content (AvgIpc) is 3.18. The summed E-state index contributed by atoms with van der Waals surface area (Å²) in [6.45, 7) is 0.288. The maximum Gasteiger partial charge on any atom is 0.243 e. The number of hydrogen-bond donors (Lipinski definition) is 2. The zero-order chi connectivity index (χ0) is 18.5. The third-order valence-corrected chi connectivity index (χ3v) is 4.13. The number of methoxy groups -OCH3 is 3. The minimum absolute atomic E-state index is 0.197. The number of hydrogen-bond acceptors (Lipinski definition) is 6. The summed E-state index contributed by atoms with van der Waals surface area (Å²) >= 11 is 0. The van der Waals surface area contributed by atoms with Crippen molar-refractivity contribution >= 4 is 11.6 Å². The molecular weight excluding hydrogens is 336 g/mol. The van der Waals surface area contributed by atoms with E-state index in [9.17, 15) is 4.79 Å². The fourth-order valence-corrected chi connectivity index (χ4v) is 2.83. The number of benzene rings is 2. The monoisotopic (exact) mass is 358 g/mol. The molecule has 2 aromatic carbocycles. The Hall–Kier alpha value is -2.77. The number of rotatable bonds is 6. The number of anilines is 1. The largest absolute Gasteiger partial charge is 0.493 e. The molecule has 1 fully saturated rings. The second-order valence-electron chi connectivity index (χ2n) is 5.75. The topological polar surface area (TPSA) is 78.1 Å². The molecule has 2 unspecified atom stereocenters. The molecule has 0 bridgehead atoms. The predicted octanol–water partition coefficient (Wildman–Crippen LogP) is 2.34. The van der Waals surface area contributed by atoms with Gasteiger partial charge in [-0.1, -0.05) is 30.3 Å². The van der Waals surface area contributed by atoms with E-state index in [0.29, 0.717) is 22.9 Å². The molecule has 26 heavy (non-hydrogen) atoms. The first-order chi connectivity index (χ1) is 12.7. The summed E-state index contributed by atoms with van der Waals surface area (Å²) in [4.78, 5) is 12.6. The van der Waals surface area contributed by atoms with Crippen LogP contribution in [-0.2, 0) is 9.53 Å². The van der Waals surface area contributed by atoms with Gasteiger partial charge in [-0.15, -0.1) is 0 Å². The molecule has 0 saturated carbocycles. The van der Waals surface area contributed by atoms with E-state index >= 15 is 0 Å². The van der Waals surface area contributed by atoms with Gasteiger partial charge in [0.15, 0.2) is 11.5 Å². The minimum atomic E-state index is -0.459. The van der Waals surface area contributed by atoms with E-state index in [1.165, 1.54) is 21.3 Å². The van der Waals surface area contributed by atoms with Crippen LogP contribution in [0, 0.1) is 0 Å². The molecule has 0 spiro atoms. The Kier molecular flexibility index (Phi) is 5.60. The first-order valence-corrected chi connectivity index (χ1v) is 8.19.